The number of hydrogen-bond donors (Lipinski definition) is 1. The van der Waals surface area contributed by atoms with Crippen LogP contribution in [-0.2, 0) is 11.9 Å². The van der Waals surface area contributed by atoms with Gasteiger partial charge in [0.15, 0.2) is 4.34 Å². The van der Waals surface area contributed by atoms with Crippen LogP contribution in [0.2, 0.25) is 0 Å². The number of nitrogen functional groups attached to an aromatic ring is 1. The molecule has 0 spiro atoms. The van der Waals surface area contributed by atoms with Crippen molar-refractivity contribution in [3.63, 3.8) is 0 Å². The van der Waals surface area contributed by atoms with Crippen LogP contribution in [0.25, 0.3) is 0 Å². The van der Waals surface area contributed by atoms with E-state index >= 15 is 0 Å². The number of halogens is 3. The molecule has 0 unspecified atom stereocenters. The summed E-state index contributed by atoms with van der Waals surface area (Å²) in [6, 6.07) is 2.20. The van der Waals surface area contributed by atoms with Crippen molar-refractivity contribution in [1.29, 1.82) is 0 Å². The normalized spacial score (nSPS) is 11.9. The number of furan rings is 1. The molecule has 2 N–H and O–H groups in total. The molecule has 17 heavy (non-hydrogen) atoms. The predicted octanol–water partition coefficient (Wildman–Crippen LogP) is 3.02. The van der Waals surface area contributed by atoms with Gasteiger partial charge in [0.25, 0.3) is 0 Å². The molecule has 0 amide bonds. The summed E-state index contributed by atoms with van der Waals surface area (Å²) >= 11 is 2.40. The van der Waals surface area contributed by atoms with Gasteiger partial charge in [0, 0.05) is 0 Å². The van der Waals surface area contributed by atoms with Crippen LogP contribution in [0.5, 0.6) is 0 Å². The molecule has 2 aromatic heterocycles. The summed E-state index contributed by atoms with van der Waals surface area (Å²) in [6.45, 7) is 0. The third-order valence-electron chi connectivity index (χ3n) is 1.70. The van der Waals surface area contributed by atoms with E-state index < -0.39 is 11.9 Å². The van der Waals surface area contributed by atoms with Crippen molar-refractivity contribution in [2.24, 2.45) is 0 Å². The third kappa shape index (κ3) is 3.13. The standard InChI is InChI=1S/C8H6F3N3OS2/c9-8(10,11)5-2-1-4(15-5)3-16-7-14-13-6(12)17-7/h1-2H,3H2,(H2,12,13). The molecular weight excluding hydrogens is 275 g/mol. The molecule has 92 valence electrons. The molecule has 0 bridgehead atoms. The second-order valence-electron chi connectivity index (χ2n) is 2.96. The van der Waals surface area contributed by atoms with E-state index in [9.17, 15) is 13.2 Å². The predicted molar refractivity (Wildman–Crippen MR) is 57.6 cm³/mol. The zero-order chi connectivity index (χ0) is 12.5. The number of nitrogens with zero attached hydrogens (tertiary/aromatic N) is 2. The number of nitrogens with two attached hydrogens (primary N) is 1. The van der Waals surface area contributed by atoms with Crippen LogP contribution < -0.4 is 5.73 Å². The second-order valence-corrected chi connectivity index (χ2v) is 5.19. The summed E-state index contributed by atoms with van der Waals surface area (Å²) in [5.41, 5.74) is 5.37. The molecule has 0 saturated carbocycles. The Balaban J connectivity index is 1.98. The molecule has 2 heterocycles. The molecule has 0 aromatic carbocycles. The number of hydrogen-bond acceptors (Lipinski definition) is 6. The number of rotatable bonds is 3. The summed E-state index contributed by atoms with van der Waals surface area (Å²) in [5, 5.41) is 7.64. The number of aromatic nitrogens is 2. The van der Waals surface area contributed by atoms with Gasteiger partial charge < -0.3 is 10.2 Å². The fraction of sp³-hybridized carbons (Fsp3) is 0.250. The van der Waals surface area contributed by atoms with Crippen LogP contribution in [0.1, 0.15) is 11.5 Å². The maximum atomic E-state index is 12.2. The van der Waals surface area contributed by atoms with E-state index in [2.05, 4.69) is 14.6 Å². The lowest BCUT2D eigenvalue weighted by Crippen LogP contribution is -2.02. The van der Waals surface area contributed by atoms with Gasteiger partial charge in [-0.1, -0.05) is 23.1 Å². The minimum atomic E-state index is -4.45. The first kappa shape index (κ1) is 12.2. The lowest BCUT2D eigenvalue weighted by atomic mass is 10.4. The van der Waals surface area contributed by atoms with Crippen molar-refractivity contribution in [1.82, 2.24) is 10.2 Å². The summed E-state index contributed by atoms with van der Waals surface area (Å²) in [4.78, 5) is 0. The average molecular weight is 281 g/mol. The van der Waals surface area contributed by atoms with E-state index in [-0.39, 0.29) is 11.5 Å². The summed E-state index contributed by atoms with van der Waals surface area (Å²) in [5.74, 6) is -0.508. The van der Waals surface area contributed by atoms with Gasteiger partial charge >= 0.3 is 6.18 Å². The van der Waals surface area contributed by atoms with E-state index in [0.29, 0.717) is 9.47 Å². The van der Waals surface area contributed by atoms with E-state index in [1.165, 1.54) is 29.2 Å². The Morgan fingerprint density at radius 3 is 2.65 bits per heavy atom. The van der Waals surface area contributed by atoms with E-state index in [4.69, 9.17) is 5.73 Å². The highest BCUT2D eigenvalue weighted by molar-refractivity contribution is 8.00. The van der Waals surface area contributed by atoms with E-state index in [0.717, 1.165) is 6.07 Å². The lowest BCUT2D eigenvalue weighted by Gasteiger charge is -2.00. The summed E-state index contributed by atoms with van der Waals surface area (Å²) in [6.07, 6.45) is -4.45. The molecule has 0 fully saturated rings. The van der Waals surface area contributed by atoms with Crippen LogP contribution in [0.3, 0.4) is 0 Å². The molecule has 0 radical (unpaired) electrons. The van der Waals surface area contributed by atoms with Gasteiger partial charge in [-0.15, -0.1) is 10.2 Å². The molecule has 0 aliphatic carbocycles. The zero-order valence-electron chi connectivity index (χ0n) is 8.19. The average Bonchev–Trinajstić information content (AvgIpc) is 2.82. The van der Waals surface area contributed by atoms with Crippen LogP contribution >= 0.6 is 23.1 Å². The topological polar surface area (TPSA) is 64.9 Å². The van der Waals surface area contributed by atoms with E-state index in [1.54, 1.807) is 0 Å². The summed E-state index contributed by atoms with van der Waals surface area (Å²) < 4.78 is 41.9. The molecule has 9 heteroatoms. The Morgan fingerprint density at radius 2 is 2.12 bits per heavy atom. The third-order valence-corrected chi connectivity index (χ3v) is 3.61. The van der Waals surface area contributed by atoms with Gasteiger partial charge in [0.05, 0.1) is 5.75 Å². The van der Waals surface area contributed by atoms with Crippen LogP contribution in [0, 0.1) is 0 Å². The van der Waals surface area contributed by atoms with Crippen molar-refractivity contribution < 1.29 is 17.6 Å². The van der Waals surface area contributed by atoms with Gasteiger partial charge in [-0.3, -0.25) is 0 Å². The zero-order valence-corrected chi connectivity index (χ0v) is 9.83. The Kier molecular flexibility index (Phi) is 3.29. The molecule has 2 aromatic rings. The fourth-order valence-corrected chi connectivity index (χ4v) is 2.55. The Morgan fingerprint density at radius 1 is 1.35 bits per heavy atom. The van der Waals surface area contributed by atoms with Crippen LogP contribution in [-0.4, -0.2) is 10.2 Å². The van der Waals surface area contributed by atoms with Gasteiger partial charge in [-0.25, -0.2) is 0 Å². The van der Waals surface area contributed by atoms with Gasteiger partial charge in [0.1, 0.15) is 5.76 Å². The highest BCUT2D eigenvalue weighted by atomic mass is 32.2. The Labute approximate surface area is 102 Å². The van der Waals surface area contributed by atoms with Gasteiger partial charge in [-0.2, -0.15) is 13.2 Å². The first-order valence-electron chi connectivity index (χ1n) is 4.33. The first-order chi connectivity index (χ1) is 7.95. The Hall–Kier alpha value is -1.22. The quantitative estimate of drug-likeness (QED) is 0.876. The van der Waals surface area contributed by atoms with Crippen LogP contribution in [0.15, 0.2) is 20.9 Å². The smallest absolute Gasteiger partial charge is 0.449 e. The first-order valence-corrected chi connectivity index (χ1v) is 6.13. The highest BCUT2D eigenvalue weighted by Crippen LogP contribution is 2.33. The minimum Gasteiger partial charge on any atom is -0.456 e. The summed E-state index contributed by atoms with van der Waals surface area (Å²) in [7, 11) is 0. The Bertz CT molecular complexity index is 508. The lowest BCUT2D eigenvalue weighted by molar-refractivity contribution is -0.153. The van der Waals surface area contributed by atoms with E-state index in [1.807, 2.05) is 0 Å². The maximum Gasteiger partial charge on any atom is 0.449 e. The molecule has 0 saturated heterocycles. The molecule has 2 rings (SSSR count). The van der Waals surface area contributed by atoms with Crippen molar-refractivity contribution in [3.05, 3.63) is 23.7 Å². The number of anilines is 1. The minimum absolute atomic E-state index is 0.232. The number of thioether (sulfide) groups is 1. The monoisotopic (exact) mass is 281 g/mol. The molecule has 0 aliphatic heterocycles. The SMILES string of the molecule is Nc1nnc(SCc2ccc(C(F)(F)F)o2)s1. The molecule has 4 nitrogen and oxygen atoms in total. The second kappa shape index (κ2) is 4.57. The molecule has 0 aliphatic rings. The van der Waals surface area contributed by atoms with Gasteiger partial charge in [0.2, 0.25) is 10.9 Å². The van der Waals surface area contributed by atoms with Crippen LogP contribution in [0.4, 0.5) is 18.3 Å². The largest absolute Gasteiger partial charge is 0.456 e. The molecular formula is C8H6F3N3OS2. The maximum absolute atomic E-state index is 12.2. The highest BCUT2D eigenvalue weighted by Gasteiger charge is 2.34. The van der Waals surface area contributed by atoms with Crippen molar-refractivity contribution >= 4 is 28.2 Å². The molecule has 0 atom stereocenters. The number of alkyl halides is 3. The van der Waals surface area contributed by atoms with Gasteiger partial charge in [-0.05, 0) is 12.1 Å². The van der Waals surface area contributed by atoms with Crippen molar-refractivity contribution in [2.45, 2.75) is 16.3 Å². The van der Waals surface area contributed by atoms with Crippen molar-refractivity contribution in [3.8, 4) is 0 Å². The fourth-order valence-electron chi connectivity index (χ4n) is 1.02. The van der Waals surface area contributed by atoms with Crippen molar-refractivity contribution in [2.75, 3.05) is 5.73 Å².